The summed E-state index contributed by atoms with van der Waals surface area (Å²) in [5.74, 6) is 0.578. The van der Waals surface area contributed by atoms with Crippen molar-refractivity contribution in [3.05, 3.63) is 70.3 Å². The summed E-state index contributed by atoms with van der Waals surface area (Å²) in [4.78, 5) is 0. The molecule has 0 heteroatoms. The Bertz CT molecular complexity index is 621. The maximum Gasteiger partial charge on any atom is -0.000604 e. The summed E-state index contributed by atoms with van der Waals surface area (Å²) in [7, 11) is 0. The molecule has 2 aromatic rings. The lowest BCUT2D eigenvalue weighted by atomic mass is 9.62. The molecule has 0 heterocycles. The average Bonchev–Trinajstić information content (AvgIpc) is 2.44. The van der Waals surface area contributed by atoms with Crippen LogP contribution < -0.4 is 0 Å². The van der Waals surface area contributed by atoms with Crippen molar-refractivity contribution in [3.63, 3.8) is 0 Å². The van der Waals surface area contributed by atoms with Crippen LogP contribution in [0.2, 0.25) is 0 Å². The fraction of sp³-hybridized carbons (Fsp3) is 0.400. The lowest BCUT2D eigenvalue weighted by Gasteiger charge is -2.42. The number of aryl methyl sites for hydroxylation is 3. The van der Waals surface area contributed by atoms with E-state index in [1.165, 1.54) is 29.5 Å². The molecule has 2 atom stereocenters. The highest BCUT2D eigenvalue weighted by Crippen LogP contribution is 2.47. The molecule has 0 unspecified atom stereocenters. The van der Waals surface area contributed by atoms with Crippen molar-refractivity contribution in [1.29, 1.82) is 0 Å². The molecule has 0 N–H and O–H groups in total. The number of hydrogen-bond donors (Lipinski definition) is 0. The third-order valence-electron chi connectivity index (χ3n) is 5.35. The molecule has 0 aliphatic heterocycles. The van der Waals surface area contributed by atoms with Crippen molar-refractivity contribution in [3.8, 4) is 0 Å². The van der Waals surface area contributed by atoms with E-state index in [0.29, 0.717) is 5.92 Å². The molecule has 3 rings (SSSR count). The Morgan fingerprint density at radius 2 is 1.60 bits per heavy atom. The van der Waals surface area contributed by atoms with Gasteiger partial charge in [0.2, 0.25) is 0 Å². The van der Waals surface area contributed by atoms with Crippen molar-refractivity contribution < 1.29 is 0 Å². The second kappa shape index (κ2) is 4.77. The molecule has 1 aliphatic rings. The van der Waals surface area contributed by atoms with Crippen molar-refractivity contribution in [1.82, 2.24) is 0 Å². The number of benzene rings is 2. The number of hydrogen-bond acceptors (Lipinski definition) is 0. The van der Waals surface area contributed by atoms with Gasteiger partial charge in [-0.1, -0.05) is 67.4 Å². The van der Waals surface area contributed by atoms with E-state index in [1.54, 1.807) is 11.1 Å². The van der Waals surface area contributed by atoms with Crippen LogP contribution in [0.3, 0.4) is 0 Å². The van der Waals surface area contributed by atoms with Crippen LogP contribution >= 0.6 is 0 Å². The zero-order chi connectivity index (χ0) is 14.3. The first-order valence-electron chi connectivity index (χ1n) is 7.67. The normalized spacial score (nSPS) is 25.3. The quantitative estimate of drug-likeness (QED) is 0.654. The van der Waals surface area contributed by atoms with Crippen LogP contribution in [0.15, 0.2) is 42.5 Å². The lowest BCUT2D eigenvalue weighted by molar-refractivity contribution is 0.344. The van der Waals surface area contributed by atoms with Crippen molar-refractivity contribution >= 4 is 0 Å². The largest absolute Gasteiger partial charge is 0.0590 e. The summed E-state index contributed by atoms with van der Waals surface area (Å²) in [6, 6.07) is 16.1. The first kappa shape index (κ1) is 13.4. The van der Waals surface area contributed by atoms with Gasteiger partial charge in [-0.15, -0.1) is 0 Å². The minimum Gasteiger partial charge on any atom is -0.0590 e. The maximum absolute atomic E-state index is 2.44. The van der Waals surface area contributed by atoms with E-state index in [1.807, 2.05) is 0 Å². The van der Waals surface area contributed by atoms with Crippen LogP contribution in [0, 0.1) is 13.8 Å². The zero-order valence-electron chi connectivity index (χ0n) is 13.0. The van der Waals surface area contributed by atoms with Gasteiger partial charge in [-0.25, -0.2) is 0 Å². The molecule has 0 radical (unpaired) electrons. The van der Waals surface area contributed by atoms with Crippen LogP contribution in [0.4, 0.5) is 0 Å². The second-order valence-electron chi connectivity index (χ2n) is 6.71. The average molecular weight is 264 g/mol. The summed E-state index contributed by atoms with van der Waals surface area (Å²) < 4.78 is 0. The molecular weight excluding hydrogens is 240 g/mol. The highest BCUT2D eigenvalue weighted by molar-refractivity contribution is 5.42. The fourth-order valence-corrected chi connectivity index (χ4v) is 3.66. The molecule has 1 aliphatic carbocycles. The van der Waals surface area contributed by atoms with E-state index in [4.69, 9.17) is 0 Å². The van der Waals surface area contributed by atoms with Crippen LogP contribution in [-0.2, 0) is 11.8 Å². The third kappa shape index (κ3) is 2.08. The van der Waals surface area contributed by atoms with Gasteiger partial charge in [-0.2, -0.15) is 0 Å². The smallest absolute Gasteiger partial charge is 0.000604 e. The molecule has 0 saturated carbocycles. The molecule has 104 valence electrons. The minimum atomic E-state index is 0.260. The Morgan fingerprint density at radius 3 is 2.30 bits per heavy atom. The van der Waals surface area contributed by atoms with Crippen molar-refractivity contribution in [2.24, 2.45) is 0 Å². The van der Waals surface area contributed by atoms with Gasteiger partial charge in [0.15, 0.2) is 0 Å². The SMILES string of the molecule is Cc1ccc([C@@]2(C)CCc3cc(C)ccc3[C@H]2C)cc1. The van der Waals surface area contributed by atoms with Gasteiger partial charge < -0.3 is 0 Å². The molecular formula is C20H24. The van der Waals surface area contributed by atoms with Gasteiger partial charge >= 0.3 is 0 Å². The molecule has 0 aromatic heterocycles. The Labute approximate surface area is 122 Å². The summed E-state index contributed by atoms with van der Waals surface area (Å²) in [6.07, 6.45) is 2.44. The zero-order valence-corrected chi connectivity index (χ0v) is 13.0. The Morgan fingerprint density at radius 1 is 0.950 bits per heavy atom. The topological polar surface area (TPSA) is 0 Å². The van der Waals surface area contributed by atoms with Crippen molar-refractivity contribution in [2.75, 3.05) is 0 Å². The van der Waals surface area contributed by atoms with Crippen LogP contribution in [0.25, 0.3) is 0 Å². The molecule has 0 saturated heterocycles. The van der Waals surface area contributed by atoms with Gasteiger partial charge in [-0.3, -0.25) is 0 Å². The standard InChI is InChI=1S/C20H24/c1-14-5-8-18(9-6-14)20(4)12-11-17-13-15(2)7-10-19(17)16(20)3/h5-10,13,16H,11-12H2,1-4H3/t16-,20+/m1/s1. The Kier molecular flexibility index (Phi) is 3.20. The highest BCUT2D eigenvalue weighted by atomic mass is 14.4. The third-order valence-corrected chi connectivity index (χ3v) is 5.35. The van der Waals surface area contributed by atoms with E-state index in [9.17, 15) is 0 Å². The minimum absolute atomic E-state index is 0.260. The maximum atomic E-state index is 2.44. The first-order valence-corrected chi connectivity index (χ1v) is 7.67. The predicted molar refractivity (Wildman–Crippen MR) is 86.4 cm³/mol. The van der Waals surface area contributed by atoms with Gasteiger partial charge in [0.05, 0.1) is 0 Å². The molecule has 2 aromatic carbocycles. The summed E-state index contributed by atoms with van der Waals surface area (Å²) in [6.45, 7) is 9.19. The van der Waals surface area contributed by atoms with E-state index >= 15 is 0 Å². The number of fused-ring (bicyclic) bond motifs is 1. The van der Waals surface area contributed by atoms with Gasteiger partial charge in [-0.05, 0) is 54.7 Å². The van der Waals surface area contributed by atoms with E-state index < -0.39 is 0 Å². The summed E-state index contributed by atoms with van der Waals surface area (Å²) in [5, 5.41) is 0. The highest BCUT2D eigenvalue weighted by Gasteiger charge is 2.37. The second-order valence-corrected chi connectivity index (χ2v) is 6.71. The van der Waals surface area contributed by atoms with Gasteiger partial charge in [0, 0.05) is 0 Å². The van der Waals surface area contributed by atoms with Crippen LogP contribution in [0.1, 0.15) is 54.0 Å². The Hall–Kier alpha value is -1.56. The lowest BCUT2D eigenvalue weighted by Crippen LogP contribution is -2.33. The van der Waals surface area contributed by atoms with E-state index in [0.717, 1.165) is 0 Å². The van der Waals surface area contributed by atoms with Gasteiger partial charge in [0.25, 0.3) is 0 Å². The van der Waals surface area contributed by atoms with Gasteiger partial charge in [0.1, 0.15) is 0 Å². The molecule has 0 bridgehead atoms. The predicted octanol–water partition coefficient (Wildman–Crippen LogP) is 5.31. The summed E-state index contributed by atoms with van der Waals surface area (Å²) >= 11 is 0. The molecule has 0 amide bonds. The van der Waals surface area contributed by atoms with Crippen LogP contribution in [0.5, 0.6) is 0 Å². The fourth-order valence-electron chi connectivity index (χ4n) is 3.66. The monoisotopic (exact) mass is 264 g/mol. The molecule has 0 spiro atoms. The molecule has 0 fully saturated rings. The van der Waals surface area contributed by atoms with E-state index in [-0.39, 0.29) is 5.41 Å². The van der Waals surface area contributed by atoms with Crippen molar-refractivity contribution in [2.45, 2.75) is 51.9 Å². The molecule has 20 heavy (non-hydrogen) atoms. The Balaban J connectivity index is 2.04. The molecule has 0 nitrogen and oxygen atoms in total. The summed E-state index contributed by atoms with van der Waals surface area (Å²) in [5.41, 5.74) is 7.58. The number of rotatable bonds is 1. The van der Waals surface area contributed by atoms with E-state index in [2.05, 4.69) is 70.2 Å². The van der Waals surface area contributed by atoms with Crippen LogP contribution in [-0.4, -0.2) is 0 Å². The first-order chi connectivity index (χ1) is 9.50.